The number of halogens is 4. The van der Waals surface area contributed by atoms with Crippen molar-refractivity contribution in [3.8, 4) is 0 Å². The molecule has 0 aromatic heterocycles. The Balaban J connectivity index is 2.59. The monoisotopic (exact) mass is 532 g/mol. The van der Waals surface area contributed by atoms with Crippen molar-refractivity contribution in [3.63, 3.8) is 0 Å². The van der Waals surface area contributed by atoms with E-state index in [2.05, 4.69) is 0 Å². The fourth-order valence-electron chi connectivity index (χ4n) is 4.89. The molecular formula is C27H36F4O6. The van der Waals surface area contributed by atoms with Crippen LogP contribution in [0.15, 0.2) is 24.3 Å². The number of rotatable bonds is 13. The van der Waals surface area contributed by atoms with Gasteiger partial charge in [0.05, 0.1) is 12.2 Å². The quantitative estimate of drug-likeness (QED) is 0.221. The van der Waals surface area contributed by atoms with Crippen molar-refractivity contribution in [3.05, 3.63) is 69.8 Å². The fraction of sp³-hybridized carbons (Fsp3) is 0.556. The van der Waals surface area contributed by atoms with Crippen LogP contribution in [0, 0.1) is 23.3 Å². The maximum Gasteiger partial charge on any atom is 0.129 e. The molecule has 0 bridgehead atoms. The van der Waals surface area contributed by atoms with E-state index < -0.39 is 72.2 Å². The SMILES string of the molecule is CCCC(O)(Cc1cc(F)c(CC)c(F)c1)[C@@H](O)[C@@](O)(Cc1cc(F)c(CC)c(F)c1)[C@H](O)[C@@H](O)CO. The summed E-state index contributed by atoms with van der Waals surface area (Å²) >= 11 is 0. The minimum absolute atomic E-state index is 0.0386. The summed E-state index contributed by atoms with van der Waals surface area (Å²) < 4.78 is 57.7. The Morgan fingerprint density at radius 3 is 1.49 bits per heavy atom. The zero-order valence-electron chi connectivity index (χ0n) is 21.2. The van der Waals surface area contributed by atoms with Gasteiger partial charge in [-0.05, 0) is 54.7 Å². The molecule has 2 aromatic rings. The molecule has 0 aliphatic heterocycles. The summed E-state index contributed by atoms with van der Waals surface area (Å²) in [6.45, 7) is 3.68. The zero-order chi connectivity index (χ0) is 28.1. The summed E-state index contributed by atoms with van der Waals surface area (Å²) in [6, 6.07) is 3.76. The molecule has 0 aliphatic rings. The highest BCUT2D eigenvalue weighted by atomic mass is 19.1. The van der Waals surface area contributed by atoms with Crippen LogP contribution in [0.2, 0.25) is 0 Å². The van der Waals surface area contributed by atoms with Gasteiger partial charge in [-0.15, -0.1) is 0 Å². The van der Waals surface area contributed by atoms with Crippen LogP contribution >= 0.6 is 0 Å². The first-order valence-corrected chi connectivity index (χ1v) is 12.3. The summed E-state index contributed by atoms with van der Waals surface area (Å²) in [4.78, 5) is 0. The molecule has 0 spiro atoms. The first-order chi connectivity index (χ1) is 17.3. The molecule has 1 unspecified atom stereocenters. The second-order valence-electron chi connectivity index (χ2n) is 9.58. The number of hydrogen-bond acceptors (Lipinski definition) is 6. The Kier molecular flexibility index (Phi) is 10.6. The standard InChI is InChI=1S/C27H36F4O6/c1-4-7-26(36,12-15-8-19(28)17(5-2)20(29)9-15)25(35)27(37,24(34)23(33)14-32)13-16-10-21(30)18(6-3)22(31)11-16/h8-11,23-25,32-37H,4-7,12-14H2,1-3H3/t23-,24+,25+,26?,27+/m0/s1. The van der Waals surface area contributed by atoms with Crippen LogP contribution in [0.1, 0.15) is 55.9 Å². The number of aliphatic hydroxyl groups is 6. The Bertz CT molecular complexity index is 1020. The van der Waals surface area contributed by atoms with Gasteiger partial charge in [-0.3, -0.25) is 0 Å². The lowest BCUT2D eigenvalue weighted by atomic mass is 9.71. The van der Waals surface area contributed by atoms with E-state index in [9.17, 15) is 48.2 Å². The van der Waals surface area contributed by atoms with E-state index >= 15 is 0 Å². The molecule has 6 N–H and O–H groups in total. The van der Waals surface area contributed by atoms with E-state index in [-0.39, 0.29) is 47.9 Å². The van der Waals surface area contributed by atoms with Crippen molar-refractivity contribution >= 4 is 0 Å². The van der Waals surface area contributed by atoms with E-state index in [0.717, 1.165) is 24.3 Å². The lowest BCUT2D eigenvalue weighted by molar-refractivity contribution is -0.230. The normalized spacial score (nSPS) is 17.6. The minimum Gasteiger partial charge on any atom is -0.394 e. The number of aliphatic hydroxyl groups excluding tert-OH is 4. The second kappa shape index (κ2) is 12.6. The molecule has 2 rings (SSSR count). The van der Waals surface area contributed by atoms with Crippen molar-refractivity contribution in [2.24, 2.45) is 0 Å². The van der Waals surface area contributed by atoms with Crippen LogP contribution in [0.5, 0.6) is 0 Å². The van der Waals surface area contributed by atoms with Crippen molar-refractivity contribution in [2.75, 3.05) is 6.61 Å². The van der Waals surface area contributed by atoms with Gasteiger partial charge < -0.3 is 30.6 Å². The van der Waals surface area contributed by atoms with Gasteiger partial charge in [0.1, 0.15) is 47.2 Å². The summed E-state index contributed by atoms with van der Waals surface area (Å²) in [5.41, 5.74) is -5.80. The Morgan fingerprint density at radius 1 is 0.730 bits per heavy atom. The second-order valence-corrected chi connectivity index (χ2v) is 9.58. The first-order valence-electron chi connectivity index (χ1n) is 12.3. The summed E-state index contributed by atoms with van der Waals surface area (Å²) in [6.07, 6.45) is -7.90. The molecular weight excluding hydrogens is 496 g/mol. The molecule has 0 radical (unpaired) electrons. The smallest absolute Gasteiger partial charge is 0.129 e. The third-order valence-electron chi connectivity index (χ3n) is 6.84. The first kappa shape index (κ1) is 31.1. The minimum atomic E-state index is -2.85. The van der Waals surface area contributed by atoms with Gasteiger partial charge in [0, 0.05) is 24.0 Å². The maximum absolute atomic E-state index is 14.4. The van der Waals surface area contributed by atoms with Gasteiger partial charge in [0.25, 0.3) is 0 Å². The van der Waals surface area contributed by atoms with Crippen molar-refractivity contribution < 1.29 is 48.2 Å². The summed E-state index contributed by atoms with van der Waals surface area (Å²) in [5, 5.41) is 64.5. The number of hydrogen-bond donors (Lipinski definition) is 6. The molecule has 0 fully saturated rings. The molecule has 5 atom stereocenters. The Hall–Kier alpha value is -2.08. The highest BCUT2D eigenvalue weighted by Crippen LogP contribution is 2.36. The lowest BCUT2D eigenvalue weighted by Crippen LogP contribution is -2.66. The van der Waals surface area contributed by atoms with Gasteiger partial charge in [-0.25, -0.2) is 17.6 Å². The van der Waals surface area contributed by atoms with Crippen LogP contribution in [0.25, 0.3) is 0 Å². The van der Waals surface area contributed by atoms with Crippen LogP contribution in [-0.4, -0.2) is 66.8 Å². The molecule has 6 nitrogen and oxygen atoms in total. The van der Waals surface area contributed by atoms with E-state index in [4.69, 9.17) is 0 Å². The third-order valence-corrected chi connectivity index (χ3v) is 6.84. The molecule has 0 heterocycles. The highest BCUT2D eigenvalue weighted by molar-refractivity contribution is 5.30. The number of benzene rings is 2. The zero-order valence-corrected chi connectivity index (χ0v) is 21.2. The van der Waals surface area contributed by atoms with E-state index in [0.29, 0.717) is 0 Å². The van der Waals surface area contributed by atoms with Gasteiger partial charge >= 0.3 is 0 Å². The van der Waals surface area contributed by atoms with Crippen LogP contribution in [0.3, 0.4) is 0 Å². The largest absolute Gasteiger partial charge is 0.394 e. The van der Waals surface area contributed by atoms with Crippen LogP contribution in [0.4, 0.5) is 17.6 Å². The average Bonchev–Trinajstić information content (AvgIpc) is 2.82. The molecule has 208 valence electrons. The molecule has 0 saturated carbocycles. The average molecular weight is 533 g/mol. The van der Waals surface area contributed by atoms with Crippen molar-refractivity contribution in [1.29, 1.82) is 0 Å². The Morgan fingerprint density at radius 2 is 1.14 bits per heavy atom. The molecule has 0 saturated heterocycles. The molecule has 0 amide bonds. The van der Waals surface area contributed by atoms with Gasteiger partial charge in [0.15, 0.2) is 0 Å². The van der Waals surface area contributed by atoms with Gasteiger partial charge in [-0.2, -0.15) is 0 Å². The predicted molar refractivity (Wildman–Crippen MR) is 129 cm³/mol. The molecule has 37 heavy (non-hydrogen) atoms. The van der Waals surface area contributed by atoms with Crippen LogP contribution < -0.4 is 0 Å². The fourth-order valence-corrected chi connectivity index (χ4v) is 4.89. The Labute approximate surface area is 213 Å². The van der Waals surface area contributed by atoms with Crippen molar-refractivity contribution in [2.45, 2.75) is 88.8 Å². The lowest BCUT2D eigenvalue weighted by Gasteiger charge is -2.46. The van der Waals surface area contributed by atoms with Gasteiger partial charge in [-0.1, -0.05) is 27.2 Å². The maximum atomic E-state index is 14.4. The van der Waals surface area contributed by atoms with Gasteiger partial charge in [0.2, 0.25) is 0 Å². The molecule has 0 aliphatic carbocycles. The van der Waals surface area contributed by atoms with Crippen molar-refractivity contribution in [1.82, 2.24) is 0 Å². The molecule has 2 aromatic carbocycles. The van der Waals surface area contributed by atoms with E-state index in [1.54, 1.807) is 13.8 Å². The third kappa shape index (κ3) is 6.68. The summed E-state index contributed by atoms with van der Waals surface area (Å²) in [7, 11) is 0. The predicted octanol–water partition coefficient (Wildman–Crippen LogP) is 2.49. The van der Waals surface area contributed by atoms with Crippen LogP contribution in [-0.2, 0) is 25.7 Å². The topological polar surface area (TPSA) is 121 Å². The van der Waals surface area contributed by atoms with E-state index in [1.807, 2.05) is 0 Å². The highest BCUT2D eigenvalue weighted by Gasteiger charge is 2.54. The summed E-state index contributed by atoms with van der Waals surface area (Å²) in [5.74, 6) is -3.59. The molecule has 10 heteroatoms. The van der Waals surface area contributed by atoms with E-state index in [1.165, 1.54) is 6.92 Å².